The number of hydrogen-bond acceptors (Lipinski definition) is 3. The first kappa shape index (κ1) is 15.6. The molecule has 2 fully saturated rings. The molecule has 0 radical (unpaired) electrons. The number of amides is 1. The van der Waals surface area contributed by atoms with Crippen molar-refractivity contribution in [3.05, 3.63) is 0 Å². The molecular formula is C16H30N2O2. The van der Waals surface area contributed by atoms with E-state index in [2.05, 4.69) is 4.90 Å². The number of hydrogen-bond donors (Lipinski definition) is 0. The average molecular weight is 282 g/mol. The van der Waals surface area contributed by atoms with Crippen molar-refractivity contribution in [1.29, 1.82) is 0 Å². The predicted molar refractivity (Wildman–Crippen MR) is 80.8 cm³/mol. The van der Waals surface area contributed by atoms with Crippen molar-refractivity contribution in [2.45, 2.75) is 58.5 Å². The van der Waals surface area contributed by atoms with Crippen LogP contribution >= 0.6 is 0 Å². The first-order valence-electron chi connectivity index (χ1n) is 8.14. The molecule has 2 aliphatic rings. The van der Waals surface area contributed by atoms with E-state index in [1.54, 1.807) is 0 Å². The molecule has 4 heteroatoms. The molecule has 1 amide bonds. The number of carbonyl (C=O) groups is 1. The van der Waals surface area contributed by atoms with Crippen LogP contribution in [0.25, 0.3) is 0 Å². The van der Waals surface area contributed by atoms with Gasteiger partial charge < -0.3 is 14.5 Å². The Hall–Kier alpha value is -0.770. The Balaban J connectivity index is 1.80. The third kappa shape index (κ3) is 4.97. The van der Waals surface area contributed by atoms with E-state index in [4.69, 9.17) is 4.74 Å². The minimum atomic E-state index is -0.392. The second kappa shape index (κ2) is 6.79. The van der Waals surface area contributed by atoms with Gasteiger partial charge in [0.25, 0.3) is 0 Å². The van der Waals surface area contributed by atoms with Crippen LogP contribution in [-0.2, 0) is 4.74 Å². The average Bonchev–Trinajstić information content (AvgIpc) is 2.38. The number of rotatable bonds is 2. The zero-order valence-electron chi connectivity index (χ0n) is 13.4. The Morgan fingerprint density at radius 2 is 1.80 bits per heavy atom. The Labute approximate surface area is 123 Å². The van der Waals surface area contributed by atoms with Gasteiger partial charge in [0, 0.05) is 19.6 Å². The van der Waals surface area contributed by atoms with Crippen molar-refractivity contribution in [3.8, 4) is 0 Å². The van der Waals surface area contributed by atoms with Crippen LogP contribution in [0.1, 0.15) is 52.9 Å². The van der Waals surface area contributed by atoms with Crippen molar-refractivity contribution >= 4 is 6.09 Å². The molecule has 0 aromatic rings. The summed E-state index contributed by atoms with van der Waals surface area (Å²) in [7, 11) is 0. The fraction of sp³-hybridized carbons (Fsp3) is 0.938. The van der Waals surface area contributed by atoms with E-state index in [0.29, 0.717) is 5.92 Å². The molecule has 0 unspecified atom stereocenters. The second-order valence-electron chi connectivity index (χ2n) is 7.30. The Kier molecular flexibility index (Phi) is 5.30. The summed E-state index contributed by atoms with van der Waals surface area (Å²) in [6, 6.07) is 0. The lowest BCUT2D eigenvalue weighted by molar-refractivity contribution is 0.0140. The van der Waals surface area contributed by atoms with E-state index in [1.807, 2.05) is 25.7 Å². The molecule has 0 aliphatic carbocycles. The van der Waals surface area contributed by atoms with Crippen LogP contribution in [0.4, 0.5) is 4.79 Å². The van der Waals surface area contributed by atoms with Gasteiger partial charge in [0.2, 0.25) is 0 Å². The highest BCUT2D eigenvalue weighted by molar-refractivity contribution is 5.68. The van der Waals surface area contributed by atoms with E-state index in [9.17, 15) is 4.79 Å². The van der Waals surface area contributed by atoms with Gasteiger partial charge in [0.15, 0.2) is 0 Å². The molecule has 1 atom stereocenters. The summed E-state index contributed by atoms with van der Waals surface area (Å²) in [4.78, 5) is 16.6. The fourth-order valence-electron chi connectivity index (χ4n) is 3.21. The van der Waals surface area contributed by atoms with Crippen LogP contribution in [0.3, 0.4) is 0 Å². The summed E-state index contributed by atoms with van der Waals surface area (Å²) >= 11 is 0. The molecule has 0 N–H and O–H groups in total. The molecule has 0 spiro atoms. The molecule has 0 aromatic carbocycles. The maximum absolute atomic E-state index is 12.1. The highest BCUT2D eigenvalue weighted by Crippen LogP contribution is 2.21. The first-order valence-corrected chi connectivity index (χ1v) is 8.14. The van der Waals surface area contributed by atoms with Crippen molar-refractivity contribution in [1.82, 2.24) is 9.80 Å². The molecule has 4 nitrogen and oxygen atoms in total. The number of piperidine rings is 2. The van der Waals surface area contributed by atoms with E-state index in [1.165, 1.54) is 38.8 Å². The SMILES string of the molecule is CC(C)(C)OC(=O)N1CCC[C@@H](CN2CCCCC2)C1. The minimum absolute atomic E-state index is 0.138. The summed E-state index contributed by atoms with van der Waals surface area (Å²) in [5, 5.41) is 0. The molecule has 0 aromatic heterocycles. The highest BCUT2D eigenvalue weighted by Gasteiger charge is 2.28. The van der Waals surface area contributed by atoms with Gasteiger partial charge in [-0.3, -0.25) is 0 Å². The van der Waals surface area contributed by atoms with Crippen LogP contribution in [0.15, 0.2) is 0 Å². The third-order valence-electron chi connectivity index (χ3n) is 4.14. The van der Waals surface area contributed by atoms with E-state index < -0.39 is 5.60 Å². The smallest absolute Gasteiger partial charge is 0.410 e. The number of nitrogens with zero attached hydrogens (tertiary/aromatic N) is 2. The summed E-state index contributed by atoms with van der Waals surface area (Å²) in [5.41, 5.74) is -0.392. The molecule has 2 rings (SSSR count). The van der Waals surface area contributed by atoms with Gasteiger partial charge in [0.1, 0.15) is 5.60 Å². The summed E-state index contributed by atoms with van der Waals surface area (Å²) in [6.07, 6.45) is 6.27. The van der Waals surface area contributed by atoms with E-state index in [0.717, 1.165) is 26.1 Å². The highest BCUT2D eigenvalue weighted by atomic mass is 16.6. The molecule has 20 heavy (non-hydrogen) atoms. The van der Waals surface area contributed by atoms with Crippen LogP contribution in [0, 0.1) is 5.92 Å². The maximum Gasteiger partial charge on any atom is 0.410 e. The minimum Gasteiger partial charge on any atom is -0.444 e. The summed E-state index contributed by atoms with van der Waals surface area (Å²) in [6.45, 7) is 11.1. The van der Waals surface area contributed by atoms with Gasteiger partial charge in [-0.1, -0.05) is 6.42 Å². The Morgan fingerprint density at radius 1 is 1.10 bits per heavy atom. The largest absolute Gasteiger partial charge is 0.444 e. The first-order chi connectivity index (χ1) is 9.44. The summed E-state index contributed by atoms with van der Waals surface area (Å²) < 4.78 is 5.49. The van der Waals surface area contributed by atoms with Crippen molar-refractivity contribution in [2.24, 2.45) is 5.92 Å². The van der Waals surface area contributed by atoms with Gasteiger partial charge in [0.05, 0.1) is 0 Å². The fourth-order valence-corrected chi connectivity index (χ4v) is 3.21. The lowest BCUT2D eigenvalue weighted by Gasteiger charge is -2.37. The van der Waals surface area contributed by atoms with Gasteiger partial charge in [-0.25, -0.2) is 4.79 Å². The molecule has 2 aliphatic heterocycles. The zero-order chi connectivity index (χ0) is 14.6. The van der Waals surface area contributed by atoms with Gasteiger partial charge >= 0.3 is 6.09 Å². The van der Waals surface area contributed by atoms with Gasteiger partial charge in [-0.15, -0.1) is 0 Å². The zero-order valence-corrected chi connectivity index (χ0v) is 13.4. The Morgan fingerprint density at radius 3 is 2.45 bits per heavy atom. The second-order valence-corrected chi connectivity index (χ2v) is 7.30. The maximum atomic E-state index is 12.1. The molecular weight excluding hydrogens is 252 g/mol. The molecule has 0 saturated carbocycles. The monoisotopic (exact) mass is 282 g/mol. The molecule has 2 saturated heterocycles. The normalized spacial score (nSPS) is 25.6. The Bertz CT molecular complexity index is 319. The van der Waals surface area contributed by atoms with E-state index >= 15 is 0 Å². The standard InChI is InChI=1S/C16H30N2O2/c1-16(2,3)20-15(19)18-11-7-8-14(13-18)12-17-9-5-4-6-10-17/h14H,4-13H2,1-3H3/t14-/m0/s1. The van der Waals surface area contributed by atoms with Crippen molar-refractivity contribution < 1.29 is 9.53 Å². The van der Waals surface area contributed by atoms with Crippen LogP contribution in [0.5, 0.6) is 0 Å². The lowest BCUT2D eigenvalue weighted by atomic mass is 9.96. The van der Waals surface area contributed by atoms with Crippen LogP contribution in [-0.4, -0.2) is 54.2 Å². The predicted octanol–water partition coefficient (Wildman–Crippen LogP) is 3.12. The molecule has 116 valence electrons. The lowest BCUT2D eigenvalue weighted by Crippen LogP contribution is -2.46. The number of likely N-dealkylation sites (tertiary alicyclic amines) is 2. The van der Waals surface area contributed by atoms with Crippen molar-refractivity contribution in [3.63, 3.8) is 0 Å². The van der Waals surface area contributed by atoms with Crippen LogP contribution < -0.4 is 0 Å². The van der Waals surface area contributed by atoms with Gasteiger partial charge in [-0.2, -0.15) is 0 Å². The van der Waals surface area contributed by atoms with E-state index in [-0.39, 0.29) is 6.09 Å². The topological polar surface area (TPSA) is 32.8 Å². The summed E-state index contributed by atoms with van der Waals surface area (Å²) in [5.74, 6) is 0.620. The number of carbonyl (C=O) groups excluding carboxylic acids is 1. The number of ether oxygens (including phenoxy) is 1. The third-order valence-corrected chi connectivity index (χ3v) is 4.14. The quantitative estimate of drug-likeness (QED) is 0.780. The molecule has 0 bridgehead atoms. The molecule has 2 heterocycles. The van der Waals surface area contributed by atoms with Crippen LogP contribution in [0.2, 0.25) is 0 Å². The van der Waals surface area contributed by atoms with Gasteiger partial charge in [-0.05, 0) is 65.5 Å². The van der Waals surface area contributed by atoms with Crippen molar-refractivity contribution in [2.75, 3.05) is 32.7 Å².